The smallest absolute Gasteiger partial charge is 0.227 e. The van der Waals surface area contributed by atoms with Crippen LogP contribution in [-0.2, 0) is 22.4 Å². The van der Waals surface area contributed by atoms with Crippen LogP contribution in [0, 0.1) is 11.7 Å². The molecular formula is C22H23ClFNO2. The molecule has 0 saturated carbocycles. The Hall–Kier alpha value is -2.20. The SMILES string of the molecule is O=C(CCc1ccccc1)C1CCCN(C(=O)Cc2c(F)cccc2Cl)C1. The van der Waals surface area contributed by atoms with Crippen molar-refractivity contribution in [2.75, 3.05) is 13.1 Å². The molecule has 3 nitrogen and oxygen atoms in total. The van der Waals surface area contributed by atoms with Crippen molar-refractivity contribution in [1.29, 1.82) is 0 Å². The maximum atomic E-state index is 13.9. The number of carbonyl (C=O) groups is 2. The van der Waals surface area contributed by atoms with Gasteiger partial charge >= 0.3 is 0 Å². The summed E-state index contributed by atoms with van der Waals surface area (Å²) >= 11 is 6.03. The van der Waals surface area contributed by atoms with Crippen LogP contribution in [0.4, 0.5) is 4.39 Å². The Morgan fingerprint density at radius 1 is 1.11 bits per heavy atom. The molecule has 142 valence electrons. The minimum absolute atomic E-state index is 0.0730. The average Bonchev–Trinajstić information content (AvgIpc) is 2.70. The van der Waals surface area contributed by atoms with Crippen LogP contribution in [0.1, 0.15) is 30.4 Å². The molecule has 0 aromatic heterocycles. The molecule has 2 aromatic carbocycles. The van der Waals surface area contributed by atoms with Gasteiger partial charge in [0, 0.05) is 36.0 Å². The quantitative estimate of drug-likeness (QED) is 0.733. The second kappa shape index (κ2) is 9.14. The van der Waals surface area contributed by atoms with Gasteiger partial charge in [0.25, 0.3) is 0 Å². The topological polar surface area (TPSA) is 37.4 Å². The van der Waals surface area contributed by atoms with Gasteiger partial charge in [-0.25, -0.2) is 4.39 Å². The molecule has 1 saturated heterocycles. The van der Waals surface area contributed by atoms with Gasteiger partial charge in [0.2, 0.25) is 5.91 Å². The van der Waals surface area contributed by atoms with Crippen molar-refractivity contribution in [1.82, 2.24) is 4.90 Å². The Morgan fingerprint density at radius 2 is 1.89 bits per heavy atom. The number of carbonyl (C=O) groups excluding carboxylic acids is 2. The molecule has 0 spiro atoms. The molecule has 1 unspecified atom stereocenters. The van der Waals surface area contributed by atoms with E-state index >= 15 is 0 Å². The van der Waals surface area contributed by atoms with Crippen molar-refractivity contribution in [3.8, 4) is 0 Å². The van der Waals surface area contributed by atoms with Gasteiger partial charge in [0.1, 0.15) is 11.6 Å². The average molecular weight is 388 g/mol. The predicted octanol–water partition coefficient (Wildman–Crippen LogP) is 4.46. The third-order valence-corrected chi connectivity index (χ3v) is 5.48. The second-order valence-corrected chi connectivity index (χ2v) is 7.42. The molecule has 2 aromatic rings. The van der Waals surface area contributed by atoms with Crippen molar-refractivity contribution in [2.45, 2.75) is 32.1 Å². The summed E-state index contributed by atoms with van der Waals surface area (Å²) in [6.45, 7) is 1.02. The van der Waals surface area contributed by atoms with Gasteiger partial charge in [-0.1, -0.05) is 48.0 Å². The van der Waals surface area contributed by atoms with Crippen molar-refractivity contribution in [3.05, 3.63) is 70.5 Å². The summed E-state index contributed by atoms with van der Waals surface area (Å²) in [4.78, 5) is 26.9. The number of nitrogens with zero attached hydrogens (tertiary/aromatic N) is 1. The van der Waals surface area contributed by atoms with E-state index < -0.39 is 5.82 Å². The number of piperidine rings is 1. The Balaban J connectivity index is 1.56. The zero-order valence-corrected chi connectivity index (χ0v) is 15.9. The number of aryl methyl sites for hydroxylation is 1. The highest BCUT2D eigenvalue weighted by Gasteiger charge is 2.28. The molecule has 0 N–H and O–H groups in total. The lowest BCUT2D eigenvalue weighted by Crippen LogP contribution is -2.43. The van der Waals surface area contributed by atoms with Gasteiger partial charge in [-0.05, 0) is 37.0 Å². The van der Waals surface area contributed by atoms with Crippen LogP contribution in [-0.4, -0.2) is 29.7 Å². The lowest BCUT2D eigenvalue weighted by Gasteiger charge is -2.32. The maximum absolute atomic E-state index is 13.9. The van der Waals surface area contributed by atoms with Gasteiger partial charge in [-0.2, -0.15) is 0 Å². The van der Waals surface area contributed by atoms with E-state index in [9.17, 15) is 14.0 Å². The van der Waals surface area contributed by atoms with Gasteiger partial charge in [-0.3, -0.25) is 9.59 Å². The minimum Gasteiger partial charge on any atom is -0.342 e. The molecule has 0 bridgehead atoms. The summed E-state index contributed by atoms with van der Waals surface area (Å²) < 4.78 is 13.9. The highest BCUT2D eigenvalue weighted by Crippen LogP contribution is 2.23. The summed E-state index contributed by atoms with van der Waals surface area (Å²) in [6.07, 6.45) is 2.72. The largest absolute Gasteiger partial charge is 0.342 e. The zero-order valence-electron chi connectivity index (χ0n) is 15.2. The lowest BCUT2D eigenvalue weighted by atomic mass is 9.90. The van der Waals surface area contributed by atoms with E-state index in [4.69, 9.17) is 11.6 Å². The number of Topliss-reactive ketones (excluding diaryl/α,β-unsaturated/α-hetero) is 1. The van der Waals surface area contributed by atoms with E-state index in [2.05, 4.69) is 0 Å². The number of rotatable bonds is 6. The van der Waals surface area contributed by atoms with E-state index in [1.165, 1.54) is 12.1 Å². The Morgan fingerprint density at radius 3 is 2.63 bits per heavy atom. The normalized spacial score (nSPS) is 17.0. The first-order chi connectivity index (χ1) is 13.0. The Kier molecular flexibility index (Phi) is 6.62. The van der Waals surface area contributed by atoms with Gasteiger partial charge < -0.3 is 4.90 Å². The summed E-state index contributed by atoms with van der Waals surface area (Å²) in [6, 6.07) is 14.3. The van der Waals surface area contributed by atoms with Crippen LogP contribution in [0.5, 0.6) is 0 Å². The van der Waals surface area contributed by atoms with Crippen molar-refractivity contribution in [3.63, 3.8) is 0 Å². The number of hydrogen-bond acceptors (Lipinski definition) is 2. The highest BCUT2D eigenvalue weighted by atomic mass is 35.5. The number of likely N-dealkylation sites (tertiary alicyclic amines) is 1. The fourth-order valence-corrected chi connectivity index (χ4v) is 3.78. The summed E-state index contributed by atoms with van der Waals surface area (Å²) in [5.74, 6) is -0.589. The number of benzene rings is 2. The third-order valence-electron chi connectivity index (χ3n) is 5.12. The van der Waals surface area contributed by atoms with Crippen molar-refractivity contribution < 1.29 is 14.0 Å². The summed E-state index contributed by atoms with van der Waals surface area (Å²) in [7, 11) is 0. The molecule has 1 aliphatic heterocycles. The van der Waals surface area contributed by atoms with Crippen LogP contribution in [0.3, 0.4) is 0 Å². The first-order valence-electron chi connectivity index (χ1n) is 9.32. The molecule has 1 atom stereocenters. The van der Waals surface area contributed by atoms with Gasteiger partial charge in [0.15, 0.2) is 0 Å². The molecule has 1 heterocycles. The maximum Gasteiger partial charge on any atom is 0.227 e. The monoisotopic (exact) mass is 387 g/mol. The molecule has 5 heteroatoms. The molecule has 1 aliphatic rings. The molecule has 0 radical (unpaired) electrons. The van der Waals surface area contributed by atoms with Gasteiger partial charge in [-0.15, -0.1) is 0 Å². The van der Waals surface area contributed by atoms with E-state index in [0.29, 0.717) is 19.5 Å². The molecule has 1 fully saturated rings. The first kappa shape index (κ1) is 19.6. The minimum atomic E-state index is -0.469. The van der Waals surface area contributed by atoms with Crippen LogP contribution in [0.25, 0.3) is 0 Å². The van der Waals surface area contributed by atoms with Crippen molar-refractivity contribution in [2.24, 2.45) is 5.92 Å². The van der Waals surface area contributed by atoms with E-state index in [1.807, 2.05) is 30.3 Å². The molecule has 0 aliphatic carbocycles. The number of hydrogen-bond donors (Lipinski definition) is 0. The molecular weight excluding hydrogens is 365 g/mol. The Bertz CT molecular complexity index is 789. The second-order valence-electron chi connectivity index (χ2n) is 7.01. The number of amides is 1. The van der Waals surface area contributed by atoms with Crippen molar-refractivity contribution >= 4 is 23.3 Å². The molecule has 3 rings (SSSR count). The molecule has 27 heavy (non-hydrogen) atoms. The standard InChI is InChI=1S/C22H23ClFNO2/c23-19-9-4-10-20(24)18(19)14-22(27)25-13-5-8-17(15-25)21(26)12-11-16-6-2-1-3-7-16/h1-4,6-7,9-10,17H,5,8,11-15H2. The van der Waals surface area contributed by atoms with Crippen LogP contribution in [0.15, 0.2) is 48.5 Å². The predicted molar refractivity (Wildman–Crippen MR) is 104 cm³/mol. The summed E-state index contributed by atoms with van der Waals surface area (Å²) in [5.41, 5.74) is 1.37. The van der Waals surface area contributed by atoms with E-state index in [1.54, 1.807) is 11.0 Å². The summed E-state index contributed by atoms with van der Waals surface area (Å²) in [5, 5.41) is 0.260. The van der Waals surface area contributed by atoms with Crippen LogP contribution >= 0.6 is 11.6 Å². The lowest BCUT2D eigenvalue weighted by molar-refractivity contribution is -0.134. The van der Waals surface area contributed by atoms with Gasteiger partial charge in [0.05, 0.1) is 6.42 Å². The first-order valence-corrected chi connectivity index (χ1v) is 9.69. The third kappa shape index (κ3) is 5.16. The highest BCUT2D eigenvalue weighted by molar-refractivity contribution is 6.31. The molecule has 1 amide bonds. The zero-order chi connectivity index (χ0) is 19.2. The van der Waals surface area contributed by atoms with E-state index in [0.717, 1.165) is 24.8 Å². The number of halogens is 2. The van der Waals surface area contributed by atoms with E-state index in [-0.39, 0.29) is 34.6 Å². The number of ketones is 1. The fourth-order valence-electron chi connectivity index (χ4n) is 3.55. The Labute approximate surface area is 164 Å². The van der Waals surface area contributed by atoms with Crippen LogP contribution < -0.4 is 0 Å². The van der Waals surface area contributed by atoms with Crippen LogP contribution in [0.2, 0.25) is 5.02 Å². The fraction of sp³-hybridized carbons (Fsp3) is 0.364.